The van der Waals surface area contributed by atoms with Gasteiger partial charge in [-0.15, -0.1) is 0 Å². The van der Waals surface area contributed by atoms with E-state index in [9.17, 15) is 18.3 Å². The van der Waals surface area contributed by atoms with Gasteiger partial charge in [-0.25, -0.2) is 9.97 Å². The fourth-order valence-electron chi connectivity index (χ4n) is 4.16. The molecule has 0 bridgehead atoms. The van der Waals surface area contributed by atoms with E-state index in [-0.39, 0.29) is 17.6 Å². The molecule has 1 unspecified atom stereocenters. The highest BCUT2D eigenvalue weighted by Gasteiger charge is 2.39. The summed E-state index contributed by atoms with van der Waals surface area (Å²) in [4.78, 5) is 9.45. The number of anilines is 1. The molecule has 0 radical (unpaired) electrons. The van der Waals surface area contributed by atoms with E-state index in [0.717, 1.165) is 38.4 Å². The molecule has 0 saturated carbocycles. The number of alkyl halides is 3. The summed E-state index contributed by atoms with van der Waals surface area (Å²) in [6.45, 7) is 2.58. The number of rotatable bonds is 6. The predicted octanol–water partition coefficient (Wildman–Crippen LogP) is 4.41. The van der Waals surface area contributed by atoms with Gasteiger partial charge in [-0.1, -0.05) is 30.3 Å². The summed E-state index contributed by atoms with van der Waals surface area (Å²) in [7, 11) is 0. The van der Waals surface area contributed by atoms with Crippen LogP contribution in [0.4, 0.5) is 19.0 Å². The number of aliphatic hydroxyl groups is 1. The summed E-state index contributed by atoms with van der Waals surface area (Å²) >= 11 is 0. The van der Waals surface area contributed by atoms with E-state index in [4.69, 9.17) is 0 Å². The minimum Gasteiger partial charge on any atom is -0.396 e. The van der Waals surface area contributed by atoms with Crippen LogP contribution in [-0.4, -0.2) is 34.8 Å². The van der Waals surface area contributed by atoms with Gasteiger partial charge in [0.05, 0.1) is 6.61 Å². The van der Waals surface area contributed by atoms with Gasteiger partial charge in [0.1, 0.15) is 12.1 Å². The van der Waals surface area contributed by atoms with E-state index in [1.165, 1.54) is 12.5 Å². The van der Waals surface area contributed by atoms with Gasteiger partial charge in [0.2, 0.25) is 0 Å². The molecule has 152 valence electrons. The van der Waals surface area contributed by atoms with Crippen molar-refractivity contribution >= 4 is 5.82 Å². The Kier molecular flexibility index (Phi) is 6.23. The zero-order valence-corrected chi connectivity index (χ0v) is 16.0. The molecular weight excluding hydrogens is 367 g/mol. The van der Waals surface area contributed by atoms with Crippen LogP contribution in [0.15, 0.2) is 36.7 Å². The number of halogens is 3. The third kappa shape index (κ3) is 4.63. The van der Waals surface area contributed by atoms with Crippen molar-refractivity contribution in [2.24, 2.45) is 5.41 Å². The van der Waals surface area contributed by atoms with Crippen molar-refractivity contribution in [1.82, 2.24) is 9.97 Å². The van der Waals surface area contributed by atoms with Gasteiger partial charge in [-0.3, -0.25) is 0 Å². The number of hydrogen-bond donors (Lipinski definition) is 1. The highest BCUT2D eigenvalue weighted by molar-refractivity contribution is 5.49. The average Bonchev–Trinajstić information content (AvgIpc) is 2.68. The molecule has 1 aromatic carbocycles. The van der Waals surface area contributed by atoms with Gasteiger partial charge in [0.15, 0.2) is 5.69 Å². The van der Waals surface area contributed by atoms with Crippen molar-refractivity contribution in [1.29, 1.82) is 0 Å². The molecule has 1 saturated heterocycles. The van der Waals surface area contributed by atoms with Crippen molar-refractivity contribution in [3.8, 4) is 0 Å². The number of benzene rings is 1. The smallest absolute Gasteiger partial charge is 0.396 e. The molecule has 2 heterocycles. The quantitative estimate of drug-likeness (QED) is 0.790. The largest absolute Gasteiger partial charge is 0.433 e. The van der Waals surface area contributed by atoms with Crippen LogP contribution in [0.1, 0.15) is 42.5 Å². The van der Waals surface area contributed by atoms with Crippen LogP contribution < -0.4 is 4.90 Å². The topological polar surface area (TPSA) is 49.2 Å². The molecule has 1 aliphatic heterocycles. The maximum Gasteiger partial charge on any atom is 0.433 e. The Bertz CT molecular complexity index is 782. The van der Waals surface area contributed by atoms with E-state index in [1.807, 2.05) is 23.1 Å². The Balaban J connectivity index is 1.73. The molecule has 0 aliphatic carbocycles. The van der Waals surface area contributed by atoms with Crippen LogP contribution in [0.25, 0.3) is 0 Å². The molecule has 4 nitrogen and oxygen atoms in total. The van der Waals surface area contributed by atoms with Crippen molar-refractivity contribution in [3.63, 3.8) is 0 Å². The van der Waals surface area contributed by atoms with Crippen molar-refractivity contribution < 1.29 is 18.3 Å². The lowest BCUT2D eigenvalue weighted by atomic mass is 9.76. The zero-order chi connectivity index (χ0) is 20.2. The Morgan fingerprint density at radius 2 is 1.93 bits per heavy atom. The summed E-state index contributed by atoms with van der Waals surface area (Å²) < 4.78 is 39.6. The number of aromatic nitrogens is 2. The Morgan fingerprint density at radius 3 is 2.61 bits per heavy atom. The fraction of sp³-hybridized carbons (Fsp3) is 0.524. The van der Waals surface area contributed by atoms with E-state index in [2.05, 4.69) is 22.1 Å². The van der Waals surface area contributed by atoms with Crippen LogP contribution in [0.3, 0.4) is 0 Å². The first-order valence-corrected chi connectivity index (χ1v) is 9.63. The van der Waals surface area contributed by atoms with E-state index < -0.39 is 11.9 Å². The van der Waals surface area contributed by atoms with Crippen molar-refractivity contribution in [3.05, 3.63) is 53.5 Å². The van der Waals surface area contributed by atoms with Crippen LogP contribution >= 0.6 is 0 Å². The van der Waals surface area contributed by atoms with Crippen LogP contribution in [0.5, 0.6) is 0 Å². The molecule has 2 aromatic rings. The Morgan fingerprint density at radius 1 is 1.18 bits per heavy atom. The first-order valence-electron chi connectivity index (χ1n) is 9.63. The minimum absolute atomic E-state index is 0.0224. The lowest BCUT2D eigenvalue weighted by Gasteiger charge is -2.43. The molecule has 3 rings (SSSR count). The number of hydrogen-bond acceptors (Lipinski definition) is 4. The summed E-state index contributed by atoms with van der Waals surface area (Å²) in [6, 6.07) is 10.2. The Hall–Kier alpha value is -2.15. The monoisotopic (exact) mass is 393 g/mol. The lowest BCUT2D eigenvalue weighted by molar-refractivity contribution is -0.141. The number of aryl methyl sites for hydroxylation is 1. The standard InChI is InChI=1S/C21H26F3N3O/c1-16-18(21(22,23)24)25-15-26-19(16)27-12-6-11-20(13-27,14-28)10-5-9-17-7-3-2-4-8-17/h2-4,7-8,15,28H,5-6,9-14H2,1H3. The highest BCUT2D eigenvalue weighted by atomic mass is 19.4. The number of nitrogens with zero attached hydrogens (tertiary/aromatic N) is 3. The second-order valence-corrected chi connectivity index (χ2v) is 7.69. The predicted molar refractivity (Wildman–Crippen MR) is 102 cm³/mol. The first-order chi connectivity index (χ1) is 13.3. The second kappa shape index (κ2) is 8.47. The van der Waals surface area contributed by atoms with E-state index in [0.29, 0.717) is 18.9 Å². The summed E-state index contributed by atoms with van der Waals surface area (Å²) in [6.07, 6.45) is 0.840. The molecular formula is C21H26F3N3O. The van der Waals surface area contributed by atoms with Gasteiger partial charge >= 0.3 is 6.18 Å². The van der Waals surface area contributed by atoms with Gasteiger partial charge in [-0.2, -0.15) is 13.2 Å². The SMILES string of the molecule is Cc1c(N2CCCC(CO)(CCCc3ccccc3)C2)ncnc1C(F)(F)F. The van der Waals surface area contributed by atoms with Gasteiger partial charge in [0.25, 0.3) is 0 Å². The Labute approximate surface area is 163 Å². The second-order valence-electron chi connectivity index (χ2n) is 7.69. The zero-order valence-electron chi connectivity index (χ0n) is 16.0. The van der Waals surface area contributed by atoms with Gasteiger partial charge in [0, 0.05) is 24.1 Å². The molecule has 0 amide bonds. The molecule has 1 atom stereocenters. The molecule has 28 heavy (non-hydrogen) atoms. The third-order valence-electron chi connectivity index (χ3n) is 5.64. The lowest BCUT2D eigenvalue weighted by Crippen LogP contribution is -2.46. The van der Waals surface area contributed by atoms with E-state index >= 15 is 0 Å². The summed E-state index contributed by atoms with van der Waals surface area (Å²) in [5.41, 5.74) is 0.0995. The van der Waals surface area contributed by atoms with Crippen LogP contribution in [0, 0.1) is 12.3 Å². The molecule has 1 N–H and O–H groups in total. The third-order valence-corrected chi connectivity index (χ3v) is 5.64. The molecule has 1 aromatic heterocycles. The van der Waals surface area contributed by atoms with Crippen molar-refractivity contribution in [2.45, 2.75) is 45.2 Å². The average molecular weight is 393 g/mol. The van der Waals surface area contributed by atoms with Gasteiger partial charge < -0.3 is 10.0 Å². The normalized spacial score (nSPS) is 20.4. The van der Waals surface area contributed by atoms with Gasteiger partial charge in [-0.05, 0) is 44.6 Å². The summed E-state index contributed by atoms with van der Waals surface area (Å²) in [5.74, 6) is 0.322. The molecule has 7 heteroatoms. The minimum atomic E-state index is -4.50. The fourth-order valence-corrected chi connectivity index (χ4v) is 4.16. The van der Waals surface area contributed by atoms with Crippen LogP contribution in [0.2, 0.25) is 0 Å². The molecule has 0 spiro atoms. The maximum atomic E-state index is 13.2. The number of aliphatic hydroxyl groups excluding tert-OH is 1. The van der Waals surface area contributed by atoms with E-state index in [1.54, 1.807) is 0 Å². The van der Waals surface area contributed by atoms with Crippen LogP contribution in [-0.2, 0) is 12.6 Å². The maximum absolute atomic E-state index is 13.2. The number of piperidine rings is 1. The molecule has 1 fully saturated rings. The van der Waals surface area contributed by atoms with Crippen molar-refractivity contribution in [2.75, 3.05) is 24.6 Å². The molecule has 1 aliphatic rings. The summed E-state index contributed by atoms with van der Waals surface area (Å²) in [5, 5.41) is 10.1. The first kappa shape index (κ1) is 20.6. The highest BCUT2D eigenvalue weighted by Crippen LogP contribution is 2.39.